The van der Waals surface area contributed by atoms with E-state index in [1.54, 1.807) is 42.6 Å². The molecule has 12 heteroatoms. The summed E-state index contributed by atoms with van der Waals surface area (Å²) in [7, 11) is 0. The number of pyridine rings is 1. The highest BCUT2D eigenvalue weighted by Gasteiger charge is 2.24. The summed E-state index contributed by atoms with van der Waals surface area (Å²) >= 11 is 5.93. The Morgan fingerprint density at radius 3 is 2.67 bits per heavy atom. The van der Waals surface area contributed by atoms with Gasteiger partial charge in [0.25, 0.3) is 0 Å². The van der Waals surface area contributed by atoms with Crippen LogP contribution in [0.2, 0.25) is 0 Å². The van der Waals surface area contributed by atoms with E-state index in [4.69, 9.17) is 16.1 Å². The van der Waals surface area contributed by atoms with E-state index in [0.29, 0.717) is 45.2 Å². The predicted molar refractivity (Wildman–Crippen MR) is 157 cm³/mol. The third kappa shape index (κ3) is 6.06. The molecule has 5 rings (SSSR count). The number of hydrogen-bond donors (Lipinski definition) is 3. The van der Waals surface area contributed by atoms with E-state index in [0.717, 1.165) is 0 Å². The minimum Gasteiger partial charge on any atom is -0.344 e. The third-order valence-corrected chi connectivity index (χ3v) is 6.72. The number of amides is 2. The number of rotatable bonds is 8. The first-order valence-electron chi connectivity index (χ1n) is 13.0. The molecule has 0 aliphatic rings. The van der Waals surface area contributed by atoms with Crippen molar-refractivity contribution in [2.75, 3.05) is 5.32 Å². The lowest BCUT2D eigenvalue weighted by atomic mass is 9.96. The van der Waals surface area contributed by atoms with Crippen molar-refractivity contribution in [1.82, 2.24) is 30.4 Å². The Morgan fingerprint density at radius 2 is 1.95 bits per heavy atom. The van der Waals surface area contributed by atoms with Crippen LogP contribution in [-0.2, 0) is 16.8 Å². The Labute approximate surface area is 245 Å². The van der Waals surface area contributed by atoms with Crippen molar-refractivity contribution in [3.63, 3.8) is 0 Å². The molecule has 10 nitrogen and oxygen atoms in total. The molecule has 0 aliphatic carbocycles. The molecule has 3 N–H and O–H groups in total. The van der Waals surface area contributed by atoms with Gasteiger partial charge >= 0.3 is 11.8 Å². The first-order chi connectivity index (χ1) is 20.0. The smallest absolute Gasteiger partial charge is 0.315 e. The van der Waals surface area contributed by atoms with E-state index in [2.05, 4.69) is 42.3 Å². The van der Waals surface area contributed by atoms with Gasteiger partial charge in [0.15, 0.2) is 11.5 Å². The maximum Gasteiger partial charge on any atom is 0.315 e. The number of benzene rings is 2. The molecule has 0 aliphatic heterocycles. The highest BCUT2D eigenvalue weighted by Crippen LogP contribution is 2.30. The van der Waals surface area contributed by atoms with Gasteiger partial charge < -0.3 is 20.1 Å². The molecule has 0 saturated heterocycles. The van der Waals surface area contributed by atoms with Gasteiger partial charge in [0.05, 0.1) is 5.52 Å². The fourth-order valence-electron chi connectivity index (χ4n) is 4.08. The van der Waals surface area contributed by atoms with Crippen LogP contribution < -0.4 is 10.6 Å². The van der Waals surface area contributed by atoms with Crippen molar-refractivity contribution < 1.29 is 18.5 Å². The monoisotopic (exact) mass is 587 g/mol. The van der Waals surface area contributed by atoms with Crippen molar-refractivity contribution in [3.8, 4) is 22.5 Å². The molecule has 2 aromatic carbocycles. The van der Waals surface area contributed by atoms with Crippen LogP contribution in [0.4, 0.5) is 10.1 Å². The van der Waals surface area contributed by atoms with E-state index < -0.39 is 23.0 Å². The van der Waals surface area contributed by atoms with Crippen LogP contribution in [0.25, 0.3) is 33.7 Å². The first kappa shape index (κ1) is 28.6. The highest BCUT2D eigenvalue weighted by molar-refractivity contribution is 6.33. The largest absolute Gasteiger partial charge is 0.344 e. The van der Waals surface area contributed by atoms with E-state index in [1.165, 1.54) is 12.1 Å². The van der Waals surface area contributed by atoms with Crippen LogP contribution in [0.15, 0.2) is 71.9 Å². The summed E-state index contributed by atoms with van der Waals surface area (Å²) in [4.78, 5) is 40.9. The Balaban J connectivity index is 1.35. The van der Waals surface area contributed by atoms with E-state index in [9.17, 15) is 9.59 Å². The second-order valence-electron chi connectivity index (χ2n) is 10.5. The predicted octanol–water partition coefficient (Wildman–Crippen LogP) is 5.77. The standard InChI is InChI=1S/C30H27ClFN7O3/c1-5-21(31)26(40)35-19-8-6-7-17(13-19)24-36-23-20(11-12-33-25(23)37-24)16-9-10-18(22(32)14-16)15-34-27(41)28-38-29(39-42-28)30(2,3)4/h5-14,21H,1,15H2,2-4H3,(H,34,41)(H,35,40)(H,33,36,37)/t21-/m1/s1. The van der Waals surface area contributed by atoms with Crippen molar-refractivity contribution >= 4 is 40.3 Å². The van der Waals surface area contributed by atoms with E-state index in [1.807, 2.05) is 26.8 Å². The number of imidazole rings is 1. The van der Waals surface area contributed by atoms with Crippen molar-refractivity contribution in [1.29, 1.82) is 0 Å². The molecule has 2 amide bonds. The quantitative estimate of drug-likeness (QED) is 0.155. The Morgan fingerprint density at radius 1 is 1.14 bits per heavy atom. The lowest BCUT2D eigenvalue weighted by Crippen LogP contribution is -2.24. The molecule has 214 valence electrons. The zero-order valence-electron chi connectivity index (χ0n) is 23.0. The Bertz CT molecular complexity index is 1810. The fraction of sp³-hybridized carbons (Fsp3) is 0.200. The average molecular weight is 588 g/mol. The summed E-state index contributed by atoms with van der Waals surface area (Å²) in [5.74, 6) is -0.747. The molecule has 0 saturated carbocycles. The van der Waals surface area contributed by atoms with Gasteiger partial charge in [-0.05, 0) is 29.8 Å². The average Bonchev–Trinajstić information content (AvgIpc) is 3.64. The number of anilines is 1. The molecular formula is C30H27ClFN7O3. The van der Waals surface area contributed by atoms with Gasteiger partial charge in [0, 0.05) is 40.5 Å². The molecule has 0 bridgehead atoms. The minimum atomic E-state index is -0.860. The lowest BCUT2D eigenvalue weighted by Gasteiger charge is -2.10. The van der Waals surface area contributed by atoms with Crippen LogP contribution in [0.5, 0.6) is 0 Å². The van der Waals surface area contributed by atoms with Crippen LogP contribution in [0.3, 0.4) is 0 Å². The van der Waals surface area contributed by atoms with Crippen molar-refractivity contribution in [2.24, 2.45) is 0 Å². The third-order valence-electron chi connectivity index (χ3n) is 6.35. The van der Waals surface area contributed by atoms with Gasteiger partial charge in [0.2, 0.25) is 5.91 Å². The van der Waals surface area contributed by atoms with Gasteiger partial charge in [-0.25, -0.2) is 14.4 Å². The highest BCUT2D eigenvalue weighted by atomic mass is 35.5. The lowest BCUT2D eigenvalue weighted by molar-refractivity contribution is -0.115. The van der Waals surface area contributed by atoms with E-state index >= 15 is 4.39 Å². The van der Waals surface area contributed by atoms with Gasteiger partial charge in [-0.3, -0.25) is 9.59 Å². The number of hydrogen-bond acceptors (Lipinski definition) is 7. The normalized spacial score (nSPS) is 12.2. The summed E-state index contributed by atoms with van der Waals surface area (Å²) in [6, 6.07) is 13.6. The summed E-state index contributed by atoms with van der Waals surface area (Å²) in [6.07, 6.45) is 2.94. The number of aromatic amines is 1. The topological polar surface area (TPSA) is 139 Å². The zero-order chi connectivity index (χ0) is 30.0. The van der Waals surface area contributed by atoms with Gasteiger partial charge in [-0.1, -0.05) is 56.3 Å². The number of nitrogens with zero attached hydrogens (tertiary/aromatic N) is 4. The number of carbonyl (C=O) groups excluding carboxylic acids is 2. The number of H-pyrrole nitrogens is 1. The molecule has 0 unspecified atom stereocenters. The molecule has 1 atom stereocenters. The van der Waals surface area contributed by atoms with Gasteiger partial charge in [0.1, 0.15) is 17.0 Å². The van der Waals surface area contributed by atoms with Crippen molar-refractivity contribution in [2.45, 2.75) is 38.1 Å². The fourth-order valence-corrected chi connectivity index (χ4v) is 4.13. The van der Waals surface area contributed by atoms with Crippen LogP contribution >= 0.6 is 11.6 Å². The summed E-state index contributed by atoms with van der Waals surface area (Å²) in [5.41, 5.74) is 3.49. The van der Waals surface area contributed by atoms with Crippen LogP contribution in [0.1, 0.15) is 42.8 Å². The van der Waals surface area contributed by atoms with Crippen LogP contribution in [-0.4, -0.2) is 42.3 Å². The maximum atomic E-state index is 15.2. The number of aromatic nitrogens is 5. The number of halogens is 2. The SMILES string of the molecule is C=C[C@@H](Cl)C(=O)Nc1cccc(-c2nc3nccc(-c4ccc(CNC(=O)c5nc(C(C)(C)C)no5)c(F)c4)c3[nH]2)c1. The molecule has 0 spiro atoms. The second-order valence-corrected chi connectivity index (χ2v) is 11.0. The molecule has 0 fully saturated rings. The minimum absolute atomic E-state index is 0.0672. The number of alkyl halides is 1. The summed E-state index contributed by atoms with van der Waals surface area (Å²) in [6.45, 7) is 9.16. The molecule has 3 heterocycles. The first-order valence-corrected chi connectivity index (χ1v) is 13.4. The summed E-state index contributed by atoms with van der Waals surface area (Å²) < 4.78 is 20.2. The molecular weight excluding hydrogens is 561 g/mol. The Kier molecular flexibility index (Phi) is 7.86. The second kappa shape index (κ2) is 11.5. The zero-order valence-corrected chi connectivity index (χ0v) is 23.8. The Hall–Kier alpha value is -4.90. The number of fused-ring (bicyclic) bond motifs is 1. The molecule has 0 radical (unpaired) electrons. The summed E-state index contributed by atoms with van der Waals surface area (Å²) in [5, 5.41) is 8.34. The molecule has 5 aromatic rings. The maximum absolute atomic E-state index is 15.2. The van der Waals surface area contributed by atoms with Crippen LogP contribution in [0, 0.1) is 5.82 Å². The van der Waals surface area contributed by atoms with Gasteiger partial charge in [-0.15, -0.1) is 18.2 Å². The molecule has 42 heavy (non-hydrogen) atoms. The van der Waals surface area contributed by atoms with Gasteiger partial charge in [-0.2, -0.15) is 4.98 Å². The number of nitrogens with one attached hydrogen (secondary N) is 3. The van der Waals surface area contributed by atoms with Crippen molar-refractivity contribution in [3.05, 3.63) is 90.5 Å². The van der Waals surface area contributed by atoms with E-state index in [-0.39, 0.29) is 23.4 Å². The number of carbonyl (C=O) groups is 2. The molecule has 3 aromatic heterocycles.